The third kappa shape index (κ3) is 4.44. The molecule has 0 aliphatic carbocycles. The fraction of sp³-hybridized carbons (Fsp3) is 0.727. The van der Waals surface area contributed by atoms with Crippen LogP contribution >= 0.6 is 0 Å². The molecule has 2 N–H and O–H groups in total. The van der Waals surface area contributed by atoms with Gasteiger partial charge in [-0.25, -0.2) is 0 Å². The van der Waals surface area contributed by atoms with E-state index in [1.807, 2.05) is 10.9 Å². The third-order valence-corrected chi connectivity index (χ3v) is 2.31. The molecule has 1 aromatic heterocycles. The third-order valence-electron chi connectivity index (χ3n) is 2.31. The fourth-order valence-electron chi connectivity index (χ4n) is 1.50. The number of hydrogen-bond acceptors (Lipinski definition) is 3. The monoisotopic (exact) mass is 211 g/mol. The average molecular weight is 211 g/mol. The molecule has 0 fully saturated rings. The quantitative estimate of drug-likeness (QED) is 0.634. The molecule has 0 radical (unpaired) electrons. The molecule has 0 spiro atoms. The molecule has 1 rings (SSSR count). The molecular formula is C11H21N3O. The van der Waals surface area contributed by atoms with Gasteiger partial charge in [-0.1, -0.05) is 6.92 Å². The van der Waals surface area contributed by atoms with E-state index < -0.39 is 0 Å². The van der Waals surface area contributed by atoms with Gasteiger partial charge < -0.3 is 10.4 Å². The van der Waals surface area contributed by atoms with E-state index in [9.17, 15) is 0 Å². The van der Waals surface area contributed by atoms with Gasteiger partial charge in [0, 0.05) is 25.9 Å². The molecule has 0 saturated heterocycles. The second kappa shape index (κ2) is 7.43. The lowest BCUT2D eigenvalue weighted by molar-refractivity contribution is 0.283. The Labute approximate surface area is 91.3 Å². The number of aliphatic hydroxyl groups is 1. The molecule has 1 aromatic rings. The molecule has 0 aliphatic rings. The summed E-state index contributed by atoms with van der Waals surface area (Å²) < 4.78 is 2.04. The SMILES string of the molecule is CCCn1nccc1CNCCCCO. The summed E-state index contributed by atoms with van der Waals surface area (Å²) in [4.78, 5) is 0. The van der Waals surface area contributed by atoms with Gasteiger partial charge in [-0.2, -0.15) is 5.10 Å². The van der Waals surface area contributed by atoms with Crippen molar-refractivity contribution in [2.24, 2.45) is 0 Å². The van der Waals surface area contributed by atoms with Crippen molar-refractivity contribution in [3.05, 3.63) is 18.0 Å². The van der Waals surface area contributed by atoms with Crippen LogP contribution in [0.1, 0.15) is 31.9 Å². The van der Waals surface area contributed by atoms with Crippen molar-refractivity contribution in [3.63, 3.8) is 0 Å². The van der Waals surface area contributed by atoms with E-state index in [1.54, 1.807) is 0 Å². The minimum atomic E-state index is 0.287. The average Bonchev–Trinajstić information content (AvgIpc) is 2.66. The summed E-state index contributed by atoms with van der Waals surface area (Å²) in [6.45, 7) is 5.25. The van der Waals surface area contributed by atoms with Crippen molar-refractivity contribution < 1.29 is 5.11 Å². The zero-order chi connectivity index (χ0) is 10.9. The van der Waals surface area contributed by atoms with E-state index in [-0.39, 0.29) is 6.61 Å². The number of hydrogen-bond donors (Lipinski definition) is 2. The van der Waals surface area contributed by atoms with Crippen LogP contribution in [0.4, 0.5) is 0 Å². The van der Waals surface area contributed by atoms with Gasteiger partial charge in [-0.05, 0) is 31.9 Å². The molecule has 0 atom stereocenters. The molecule has 0 unspecified atom stereocenters. The number of nitrogens with zero attached hydrogens (tertiary/aromatic N) is 2. The lowest BCUT2D eigenvalue weighted by Gasteiger charge is -2.07. The van der Waals surface area contributed by atoms with E-state index in [1.165, 1.54) is 5.69 Å². The summed E-state index contributed by atoms with van der Waals surface area (Å²) in [5.74, 6) is 0. The number of aromatic nitrogens is 2. The highest BCUT2D eigenvalue weighted by Crippen LogP contribution is 1.99. The van der Waals surface area contributed by atoms with E-state index >= 15 is 0 Å². The Morgan fingerprint density at radius 1 is 1.47 bits per heavy atom. The van der Waals surface area contributed by atoms with Crippen LogP contribution in [0.2, 0.25) is 0 Å². The topological polar surface area (TPSA) is 50.1 Å². The highest BCUT2D eigenvalue weighted by atomic mass is 16.2. The van der Waals surface area contributed by atoms with Crippen LogP contribution in [0.5, 0.6) is 0 Å². The summed E-state index contributed by atoms with van der Waals surface area (Å²) in [6.07, 6.45) is 4.86. The molecule has 1 heterocycles. The zero-order valence-corrected chi connectivity index (χ0v) is 9.45. The van der Waals surface area contributed by atoms with Crippen LogP contribution < -0.4 is 5.32 Å². The maximum absolute atomic E-state index is 8.62. The molecule has 0 aromatic carbocycles. The second-order valence-corrected chi connectivity index (χ2v) is 3.65. The molecule has 0 saturated carbocycles. The molecule has 4 nitrogen and oxygen atoms in total. The van der Waals surface area contributed by atoms with E-state index in [0.717, 1.165) is 38.9 Å². The van der Waals surface area contributed by atoms with E-state index in [0.29, 0.717) is 0 Å². The van der Waals surface area contributed by atoms with Crippen LogP contribution in [-0.2, 0) is 13.1 Å². The predicted molar refractivity (Wildman–Crippen MR) is 60.5 cm³/mol. The number of nitrogens with one attached hydrogen (secondary N) is 1. The zero-order valence-electron chi connectivity index (χ0n) is 9.45. The molecule has 0 aliphatic heterocycles. The first-order chi connectivity index (χ1) is 7.38. The predicted octanol–water partition coefficient (Wildman–Crippen LogP) is 1.16. The highest BCUT2D eigenvalue weighted by molar-refractivity contribution is 4.99. The van der Waals surface area contributed by atoms with Gasteiger partial charge in [0.05, 0.1) is 5.69 Å². The maximum Gasteiger partial charge on any atom is 0.0522 e. The van der Waals surface area contributed by atoms with Crippen LogP contribution in [0.25, 0.3) is 0 Å². The number of rotatable bonds is 8. The molecule has 15 heavy (non-hydrogen) atoms. The van der Waals surface area contributed by atoms with Crippen molar-refractivity contribution in [2.75, 3.05) is 13.2 Å². The van der Waals surface area contributed by atoms with Crippen LogP contribution in [0.3, 0.4) is 0 Å². The Morgan fingerprint density at radius 2 is 2.33 bits per heavy atom. The van der Waals surface area contributed by atoms with Crippen molar-refractivity contribution in [1.82, 2.24) is 15.1 Å². The minimum absolute atomic E-state index is 0.287. The van der Waals surface area contributed by atoms with Gasteiger partial charge >= 0.3 is 0 Å². The van der Waals surface area contributed by atoms with Gasteiger partial charge in [0.15, 0.2) is 0 Å². The van der Waals surface area contributed by atoms with E-state index in [4.69, 9.17) is 5.11 Å². The summed E-state index contributed by atoms with van der Waals surface area (Å²) in [5, 5.41) is 16.2. The Morgan fingerprint density at radius 3 is 3.07 bits per heavy atom. The summed E-state index contributed by atoms with van der Waals surface area (Å²) >= 11 is 0. The van der Waals surface area contributed by atoms with Crippen LogP contribution in [0, 0.1) is 0 Å². The maximum atomic E-state index is 8.62. The van der Waals surface area contributed by atoms with Gasteiger partial charge in [-0.3, -0.25) is 4.68 Å². The number of aliphatic hydroxyl groups excluding tert-OH is 1. The first-order valence-electron chi connectivity index (χ1n) is 5.70. The molecular weight excluding hydrogens is 190 g/mol. The normalized spacial score (nSPS) is 10.8. The van der Waals surface area contributed by atoms with Gasteiger partial charge in [0.25, 0.3) is 0 Å². The molecule has 0 amide bonds. The largest absolute Gasteiger partial charge is 0.396 e. The fourth-order valence-corrected chi connectivity index (χ4v) is 1.50. The summed E-state index contributed by atoms with van der Waals surface area (Å²) in [7, 11) is 0. The first kappa shape index (κ1) is 12.2. The van der Waals surface area contributed by atoms with Crippen LogP contribution in [-0.4, -0.2) is 28.0 Å². The lowest BCUT2D eigenvalue weighted by atomic mass is 10.3. The minimum Gasteiger partial charge on any atom is -0.396 e. The second-order valence-electron chi connectivity index (χ2n) is 3.65. The van der Waals surface area contributed by atoms with Crippen molar-refractivity contribution in [3.8, 4) is 0 Å². The smallest absolute Gasteiger partial charge is 0.0522 e. The van der Waals surface area contributed by atoms with E-state index in [2.05, 4.69) is 23.4 Å². The van der Waals surface area contributed by atoms with Gasteiger partial charge in [0.2, 0.25) is 0 Å². The Balaban J connectivity index is 2.21. The van der Waals surface area contributed by atoms with Crippen molar-refractivity contribution >= 4 is 0 Å². The van der Waals surface area contributed by atoms with Crippen molar-refractivity contribution in [1.29, 1.82) is 0 Å². The molecule has 4 heteroatoms. The summed E-state index contributed by atoms with van der Waals surface area (Å²) in [6, 6.07) is 2.05. The Hall–Kier alpha value is -0.870. The molecule has 86 valence electrons. The van der Waals surface area contributed by atoms with Crippen molar-refractivity contribution in [2.45, 2.75) is 39.3 Å². The Bertz CT molecular complexity index is 260. The van der Waals surface area contributed by atoms with Gasteiger partial charge in [-0.15, -0.1) is 0 Å². The summed E-state index contributed by atoms with van der Waals surface area (Å²) in [5.41, 5.74) is 1.24. The van der Waals surface area contributed by atoms with Gasteiger partial charge in [0.1, 0.15) is 0 Å². The van der Waals surface area contributed by atoms with Crippen LogP contribution in [0.15, 0.2) is 12.3 Å². The molecule has 0 bridgehead atoms. The number of aryl methyl sites for hydroxylation is 1. The standard InChI is InChI=1S/C11H21N3O/c1-2-8-14-11(5-7-13-14)10-12-6-3-4-9-15/h5,7,12,15H,2-4,6,8-10H2,1H3. The lowest BCUT2D eigenvalue weighted by Crippen LogP contribution is -2.18. The first-order valence-corrected chi connectivity index (χ1v) is 5.70. The number of unbranched alkanes of at least 4 members (excludes halogenated alkanes) is 1. The Kier molecular flexibility index (Phi) is 6.04. The highest BCUT2D eigenvalue weighted by Gasteiger charge is 1.99.